The van der Waals surface area contributed by atoms with Gasteiger partial charge in [0.05, 0.1) is 12.8 Å². The van der Waals surface area contributed by atoms with E-state index in [1.165, 1.54) is 0 Å². The Morgan fingerprint density at radius 2 is 1.24 bits per heavy atom. The summed E-state index contributed by atoms with van der Waals surface area (Å²) in [5.41, 5.74) is -4.39. The standard InChI is InChI=1S/C6H8O7.C5H4N4O3/c7-3(8)1-6(13,5(11)12)2-4(9)10;10-3-1-2(7-4(11)6-1)8-5(12)9-3/h13H,1-2H2,(H,7,8)(H,9,10)(H,11,12);(H4,6,7,8,9,10,11,12). The Bertz CT molecular complexity index is 961. The third kappa shape index (κ3) is 5.17. The quantitative estimate of drug-likeness (QED) is 0.268. The molecule has 0 bridgehead atoms. The van der Waals surface area contributed by atoms with E-state index in [0.717, 1.165) is 0 Å². The lowest BCUT2D eigenvalue weighted by Gasteiger charge is -2.18. The Balaban J connectivity index is 0.000000250. The first-order valence-corrected chi connectivity index (χ1v) is 6.28. The van der Waals surface area contributed by atoms with Gasteiger partial charge in [0, 0.05) is 0 Å². The summed E-state index contributed by atoms with van der Waals surface area (Å²) < 4.78 is 0. The van der Waals surface area contributed by atoms with Gasteiger partial charge in [-0.05, 0) is 0 Å². The Morgan fingerprint density at radius 1 is 0.800 bits per heavy atom. The van der Waals surface area contributed by atoms with Gasteiger partial charge in [-0.15, -0.1) is 0 Å². The molecule has 2 aromatic heterocycles. The zero-order valence-electron chi connectivity index (χ0n) is 12.2. The van der Waals surface area contributed by atoms with Crippen molar-refractivity contribution in [3.8, 4) is 0 Å². The van der Waals surface area contributed by atoms with Crippen molar-refractivity contribution in [3.63, 3.8) is 0 Å². The second-order valence-electron chi connectivity index (χ2n) is 4.72. The Hall–Kier alpha value is -3.68. The van der Waals surface area contributed by atoms with Gasteiger partial charge < -0.3 is 20.4 Å². The maximum absolute atomic E-state index is 10.9. The number of aliphatic carboxylic acids is 3. The number of imidazole rings is 1. The third-order valence-corrected chi connectivity index (χ3v) is 2.71. The zero-order chi connectivity index (χ0) is 19.4. The zero-order valence-corrected chi connectivity index (χ0v) is 12.2. The number of carbonyl (C=O) groups is 3. The van der Waals surface area contributed by atoms with Crippen LogP contribution in [0, 0.1) is 0 Å². The first-order chi connectivity index (χ1) is 11.4. The molecule has 8 N–H and O–H groups in total. The molecule has 0 aliphatic carbocycles. The predicted octanol–water partition coefficient (Wildman–Crippen LogP) is -3.02. The van der Waals surface area contributed by atoms with Gasteiger partial charge in [-0.2, -0.15) is 0 Å². The summed E-state index contributed by atoms with van der Waals surface area (Å²) in [5.74, 6) is -5.02. The van der Waals surface area contributed by atoms with Crippen molar-refractivity contribution in [1.82, 2.24) is 19.9 Å². The number of H-pyrrole nitrogens is 4. The van der Waals surface area contributed by atoms with Crippen LogP contribution in [0.4, 0.5) is 0 Å². The van der Waals surface area contributed by atoms with E-state index in [-0.39, 0.29) is 11.2 Å². The lowest BCUT2D eigenvalue weighted by atomic mass is 9.96. The molecule has 0 fully saturated rings. The van der Waals surface area contributed by atoms with Crippen LogP contribution in [0.5, 0.6) is 0 Å². The maximum Gasteiger partial charge on any atom is 0.336 e. The molecule has 0 saturated carbocycles. The molecule has 2 rings (SSSR count). The van der Waals surface area contributed by atoms with Crippen LogP contribution >= 0.6 is 0 Å². The van der Waals surface area contributed by atoms with Crippen molar-refractivity contribution < 1.29 is 34.8 Å². The van der Waals surface area contributed by atoms with Crippen LogP contribution in [0.15, 0.2) is 14.4 Å². The van der Waals surface area contributed by atoms with Crippen molar-refractivity contribution in [2.75, 3.05) is 0 Å². The summed E-state index contributed by atoms with van der Waals surface area (Å²) >= 11 is 0. The predicted molar refractivity (Wildman–Crippen MR) is 77.3 cm³/mol. The number of nitrogens with one attached hydrogen (secondary N) is 4. The minimum atomic E-state index is -2.74. The van der Waals surface area contributed by atoms with E-state index in [1.807, 2.05) is 4.98 Å². The lowest BCUT2D eigenvalue weighted by molar-refractivity contribution is -0.170. The highest BCUT2D eigenvalue weighted by Crippen LogP contribution is 2.15. The first kappa shape index (κ1) is 19.4. The molecule has 2 aromatic rings. The van der Waals surface area contributed by atoms with E-state index in [4.69, 9.17) is 20.4 Å². The number of aromatic amines is 4. The highest BCUT2D eigenvalue weighted by molar-refractivity contribution is 5.88. The number of aromatic nitrogens is 4. The van der Waals surface area contributed by atoms with Crippen molar-refractivity contribution in [2.24, 2.45) is 0 Å². The molecule has 0 saturated heterocycles. The van der Waals surface area contributed by atoms with Crippen LogP contribution in [-0.2, 0) is 14.4 Å². The molecule has 0 amide bonds. The van der Waals surface area contributed by atoms with Gasteiger partial charge in [-0.1, -0.05) is 0 Å². The normalized spacial score (nSPS) is 10.8. The largest absolute Gasteiger partial charge is 0.481 e. The number of rotatable bonds is 5. The van der Waals surface area contributed by atoms with E-state index in [1.54, 1.807) is 0 Å². The second kappa shape index (κ2) is 7.26. The van der Waals surface area contributed by atoms with Crippen LogP contribution in [0.3, 0.4) is 0 Å². The van der Waals surface area contributed by atoms with E-state index in [2.05, 4.69) is 15.0 Å². The molecule has 0 aromatic carbocycles. The molecule has 0 atom stereocenters. The molecule has 2 heterocycles. The monoisotopic (exact) mass is 360 g/mol. The molecular weight excluding hydrogens is 348 g/mol. The maximum atomic E-state index is 10.9. The topological polar surface area (TPSA) is 246 Å². The summed E-state index contributed by atoms with van der Waals surface area (Å²) in [5, 5.41) is 33.8. The van der Waals surface area contributed by atoms with E-state index in [9.17, 15) is 28.8 Å². The van der Waals surface area contributed by atoms with Gasteiger partial charge >= 0.3 is 29.3 Å². The first-order valence-electron chi connectivity index (χ1n) is 6.28. The van der Waals surface area contributed by atoms with Gasteiger partial charge in [0.25, 0.3) is 5.56 Å². The number of carboxylic acids is 3. The van der Waals surface area contributed by atoms with Crippen LogP contribution in [-0.4, -0.2) is 63.9 Å². The van der Waals surface area contributed by atoms with Crippen LogP contribution in [0.1, 0.15) is 12.8 Å². The van der Waals surface area contributed by atoms with Crippen LogP contribution in [0.25, 0.3) is 11.2 Å². The van der Waals surface area contributed by atoms with Gasteiger partial charge in [0.1, 0.15) is 11.2 Å². The Labute approximate surface area is 134 Å². The fourth-order valence-electron chi connectivity index (χ4n) is 1.67. The molecule has 0 aliphatic rings. The molecule has 0 unspecified atom stereocenters. The van der Waals surface area contributed by atoms with Crippen molar-refractivity contribution in [1.29, 1.82) is 0 Å². The molecule has 0 aliphatic heterocycles. The number of aliphatic hydroxyl groups is 1. The number of hydrogen-bond donors (Lipinski definition) is 8. The Morgan fingerprint density at radius 3 is 1.64 bits per heavy atom. The average molecular weight is 360 g/mol. The molecule has 0 spiro atoms. The molecule has 25 heavy (non-hydrogen) atoms. The lowest BCUT2D eigenvalue weighted by Crippen LogP contribution is -2.42. The van der Waals surface area contributed by atoms with E-state index >= 15 is 0 Å². The minimum Gasteiger partial charge on any atom is -0.481 e. The fraction of sp³-hybridized carbons (Fsp3) is 0.273. The average Bonchev–Trinajstić information content (AvgIpc) is 2.78. The smallest absolute Gasteiger partial charge is 0.336 e. The van der Waals surface area contributed by atoms with Crippen molar-refractivity contribution in [3.05, 3.63) is 31.3 Å². The molecular formula is C11H12N4O10. The van der Waals surface area contributed by atoms with Crippen molar-refractivity contribution >= 4 is 29.1 Å². The van der Waals surface area contributed by atoms with Gasteiger partial charge in [0.2, 0.25) is 0 Å². The van der Waals surface area contributed by atoms with Crippen LogP contribution < -0.4 is 16.9 Å². The van der Waals surface area contributed by atoms with Gasteiger partial charge in [-0.25, -0.2) is 14.4 Å². The fourth-order valence-corrected chi connectivity index (χ4v) is 1.67. The van der Waals surface area contributed by atoms with Crippen LogP contribution in [0.2, 0.25) is 0 Å². The van der Waals surface area contributed by atoms with Gasteiger partial charge in [0.15, 0.2) is 5.60 Å². The van der Waals surface area contributed by atoms with E-state index in [0.29, 0.717) is 0 Å². The molecule has 136 valence electrons. The number of carboxylic acid groups (broad SMARTS) is 3. The number of hydrogen-bond acceptors (Lipinski definition) is 7. The minimum absolute atomic E-state index is 0.0413. The molecule has 14 nitrogen and oxygen atoms in total. The molecule has 14 heteroatoms. The summed E-state index contributed by atoms with van der Waals surface area (Å²) in [6.45, 7) is 0. The molecule has 0 radical (unpaired) electrons. The Kier molecular flexibility index (Phi) is 5.62. The second-order valence-corrected chi connectivity index (χ2v) is 4.72. The van der Waals surface area contributed by atoms with E-state index < -0.39 is 53.3 Å². The summed E-state index contributed by atoms with van der Waals surface area (Å²) in [7, 11) is 0. The SMILES string of the molecule is O=C(O)CC(O)(CC(=O)O)C(=O)O.O=c1[nH]c(=O)c2[nH]c(=O)[nH]c2[nH]1. The number of fused-ring (bicyclic) bond motifs is 1. The summed E-state index contributed by atoms with van der Waals surface area (Å²) in [6, 6.07) is 0. The summed E-state index contributed by atoms with van der Waals surface area (Å²) in [6.07, 6.45) is -2.29. The highest BCUT2D eigenvalue weighted by atomic mass is 16.4. The third-order valence-electron chi connectivity index (χ3n) is 2.71. The van der Waals surface area contributed by atoms with Crippen molar-refractivity contribution in [2.45, 2.75) is 18.4 Å². The van der Waals surface area contributed by atoms with Gasteiger partial charge in [-0.3, -0.25) is 34.3 Å². The summed E-state index contributed by atoms with van der Waals surface area (Å²) in [4.78, 5) is 71.5. The highest BCUT2D eigenvalue weighted by Gasteiger charge is 2.40.